The van der Waals surface area contributed by atoms with E-state index in [1.54, 1.807) is 0 Å². The van der Waals surface area contributed by atoms with Crippen LogP contribution < -0.4 is 0 Å². The fourth-order valence-electron chi connectivity index (χ4n) is 0.328. The first-order valence-corrected chi connectivity index (χ1v) is 4.42. The number of alkyl halides is 1. The van der Waals surface area contributed by atoms with Crippen molar-refractivity contribution in [3.63, 3.8) is 0 Å². The second kappa shape index (κ2) is 6.68. The van der Waals surface area contributed by atoms with Gasteiger partial charge in [0.2, 0.25) is 0 Å². The molecule has 0 spiro atoms. The average Bonchev–Trinajstić information content (AvgIpc) is 1.89. The molecule has 0 saturated heterocycles. The highest BCUT2D eigenvalue weighted by molar-refractivity contribution is 7.99. The molecule has 0 aliphatic heterocycles. The van der Waals surface area contributed by atoms with Crippen LogP contribution in [0.15, 0.2) is 0 Å². The van der Waals surface area contributed by atoms with Crippen LogP contribution >= 0.6 is 23.4 Å². The molecule has 0 bridgehead atoms. The van der Waals surface area contributed by atoms with Gasteiger partial charge in [-0.1, -0.05) is 0 Å². The maximum absolute atomic E-state index is 8.85. The molecule has 0 aliphatic carbocycles. The Labute approximate surface area is 64.2 Å². The van der Waals surface area contributed by atoms with Gasteiger partial charge in [0, 0.05) is 17.4 Å². The first-order chi connectivity index (χ1) is 4.31. The van der Waals surface area contributed by atoms with Crippen molar-refractivity contribution in [3.8, 4) is 0 Å². The van der Waals surface area contributed by atoms with Crippen LogP contribution in [0.4, 0.5) is 0 Å². The van der Waals surface area contributed by atoms with E-state index in [0.29, 0.717) is 11.5 Å². The van der Waals surface area contributed by atoms with Crippen LogP contribution in [0.2, 0.25) is 0 Å². The van der Waals surface area contributed by atoms with E-state index in [1.165, 1.54) is 11.8 Å². The zero-order chi connectivity index (χ0) is 7.11. The molecule has 2 N–H and O–H groups in total. The fraction of sp³-hybridized carbons (Fsp3) is 1.00. The first kappa shape index (κ1) is 9.56. The Hall–Kier alpha value is 0.560. The number of thioether (sulfide) groups is 1. The summed E-state index contributed by atoms with van der Waals surface area (Å²) in [5, 5.41) is 17.2. The minimum Gasteiger partial charge on any atom is -0.396 e. The number of rotatable bonds is 5. The first-order valence-electron chi connectivity index (χ1n) is 2.74. The van der Waals surface area contributed by atoms with Crippen molar-refractivity contribution in [1.82, 2.24) is 0 Å². The van der Waals surface area contributed by atoms with E-state index in [9.17, 15) is 0 Å². The Morgan fingerprint density at radius 3 is 2.67 bits per heavy atom. The number of aliphatic hydroxyl groups excluding tert-OH is 2. The molecule has 0 rings (SSSR count). The summed E-state index contributed by atoms with van der Waals surface area (Å²) in [7, 11) is 0. The summed E-state index contributed by atoms with van der Waals surface area (Å²) in [5.41, 5.74) is 0. The summed E-state index contributed by atoms with van der Waals surface area (Å²) in [4.78, 5) is 0. The molecule has 56 valence electrons. The van der Waals surface area contributed by atoms with Crippen molar-refractivity contribution in [3.05, 3.63) is 0 Å². The Morgan fingerprint density at radius 2 is 2.22 bits per heavy atom. The minimum absolute atomic E-state index is 0.166. The Morgan fingerprint density at radius 1 is 1.56 bits per heavy atom. The normalized spacial score (nSPS) is 13.7. The third kappa shape index (κ3) is 6.45. The molecule has 4 heteroatoms. The van der Waals surface area contributed by atoms with Crippen LogP contribution in [0.5, 0.6) is 0 Å². The summed E-state index contributed by atoms with van der Waals surface area (Å²) in [6.45, 7) is 0.166. The molecular formula is C5H11ClO2S. The van der Waals surface area contributed by atoms with Gasteiger partial charge in [0.05, 0.1) is 12.7 Å². The molecule has 0 aliphatic rings. The lowest BCUT2D eigenvalue weighted by molar-refractivity contribution is 0.223. The van der Waals surface area contributed by atoms with Crippen LogP contribution in [0.3, 0.4) is 0 Å². The SMILES string of the molecule is OCCSCC(O)CCl. The number of hydrogen-bond donors (Lipinski definition) is 2. The highest BCUT2D eigenvalue weighted by atomic mass is 35.5. The lowest BCUT2D eigenvalue weighted by atomic mass is 10.5. The summed E-state index contributed by atoms with van der Waals surface area (Å²) in [5.74, 6) is 1.57. The Kier molecular flexibility index (Phi) is 7.09. The van der Waals surface area contributed by atoms with Gasteiger partial charge >= 0.3 is 0 Å². The van der Waals surface area contributed by atoms with Gasteiger partial charge in [-0.3, -0.25) is 0 Å². The van der Waals surface area contributed by atoms with Crippen molar-refractivity contribution in [1.29, 1.82) is 0 Å². The van der Waals surface area contributed by atoms with Crippen molar-refractivity contribution < 1.29 is 10.2 Å². The molecule has 1 unspecified atom stereocenters. The smallest absolute Gasteiger partial charge is 0.0765 e. The monoisotopic (exact) mass is 170 g/mol. The maximum Gasteiger partial charge on any atom is 0.0765 e. The van der Waals surface area contributed by atoms with E-state index in [2.05, 4.69) is 0 Å². The second-order valence-corrected chi connectivity index (χ2v) is 3.07. The quantitative estimate of drug-likeness (QED) is 0.461. The molecular weight excluding hydrogens is 160 g/mol. The molecule has 0 radical (unpaired) electrons. The van der Waals surface area contributed by atoms with E-state index in [0.717, 1.165) is 0 Å². The molecule has 0 aromatic rings. The predicted molar refractivity (Wildman–Crippen MR) is 41.1 cm³/mol. The van der Waals surface area contributed by atoms with Crippen molar-refractivity contribution in [2.45, 2.75) is 6.10 Å². The van der Waals surface area contributed by atoms with E-state index < -0.39 is 6.10 Å². The fourth-order valence-corrected chi connectivity index (χ4v) is 1.25. The Balaban J connectivity index is 2.88. The van der Waals surface area contributed by atoms with Gasteiger partial charge in [-0.25, -0.2) is 0 Å². The van der Waals surface area contributed by atoms with Gasteiger partial charge in [-0.05, 0) is 0 Å². The molecule has 0 amide bonds. The standard InChI is InChI=1S/C5H11ClO2S/c6-3-5(8)4-9-2-1-7/h5,7-8H,1-4H2. The van der Waals surface area contributed by atoms with Gasteiger partial charge in [0.15, 0.2) is 0 Å². The molecule has 1 atom stereocenters. The third-order valence-corrected chi connectivity index (χ3v) is 2.17. The molecule has 0 fully saturated rings. The molecule has 0 aromatic heterocycles. The van der Waals surface area contributed by atoms with Gasteiger partial charge in [0.1, 0.15) is 0 Å². The third-order valence-electron chi connectivity index (χ3n) is 0.724. The summed E-state index contributed by atoms with van der Waals surface area (Å²) in [6, 6.07) is 0. The van der Waals surface area contributed by atoms with Crippen molar-refractivity contribution in [2.24, 2.45) is 0 Å². The molecule has 0 saturated carbocycles. The van der Waals surface area contributed by atoms with Crippen molar-refractivity contribution in [2.75, 3.05) is 24.0 Å². The van der Waals surface area contributed by atoms with E-state index in [1.807, 2.05) is 0 Å². The van der Waals surface area contributed by atoms with E-state index in [-0.39, 0.29) is 12.5 Å². The zero-order valence-electron chi connectivity index (χ0n) is 5.09. The molecule has 0 aromatic carbocycles. The largest absolute Gasteiger partial charge is 0.396 e. The number of halogens is 1. The summed E-state index contributed by atoms with van der Waals surface area (Å²) >= 11 is 6.81. The Bertz CT molecular complexity index is 62.9. The van der Waals surface area contributed by atoms with Crippen LogP contribution in [0.1, 0.15) is 0 Å². The maximum atomic E-state index is 8.85. The number of hydrogen-bond acceptors (Lipinski definition) is 3. The van der Waals surface area contributed by atoms with E-state index in [4.69, 9.17) is 21.8 Å². The van der Waals surface area contributed by atoms with Crippen LogP contribution in [-0.2, 0) is 0 Å². The molecule has 0 heterocycles. The van der Waals surface area contributed by atoms with Gasteiger partial charge in [-0.2, -0.15) is 11.8 Å². The second-order valence-electron chi connectivity index (χ2n) is 1.61. The van der Waals surface area contributed by atoms with Crippen molar-refractivity contribution >= 4 is 23.4 Å². The van der Waals surface area contributed by atoms with Crippen LogP contribution in [0, 0.1) is 0 Å². The molecule has 9 heavy (non-hydrogen) atoms. The lowest BCUT2D eigenvalue weighted by Gasteiger charge is -2.03. The highest BCUT2D eigenvalue weighted by Gasteiger charge is 1.99. The zero-order valence-corrected chi connectivity index (χ0v) is 6.66. The minimum atomic E-state index is -0.428. The lowest BCUT2D eigenvalue weighted by Crippen LogP contribution is -2.11. The highest BCUT2D eigenvalue weighted by Crippen LogP contribution is 2.02. The summed E-state index contributed by atoms with van der Waals surface area (Å²) < 4.78 is 0. The summed E-state index contributed by atoms with van der Waals surface area (Å²) in [6.07, 6.45) is -0.428. The number of aliphatic hydroxyl groups is 2. The van der Waals surface area contributed by atoms with Crippen LogP contribution in [-0.4, -0.2) is 40.3 Å². The van der Waals surface area contributed by atoms with Gasteiger partial charge in [-0.15, -0.1) is 11.6 Å². The average molecular weight is 171 g/mol. The van der Waals surface area contributed by atoms with Gasteiger partial charge in [0.25, 0.3) is 0 Å². The van der Waals surface area contributed by atoms with E-state index >= 15 is 0 Å². The van der Waals surface area contributed by atoms with Gasteiger partial charge < -0.3 is 10.2 Å². The molecule has 2 nitrogen and oxygen atoms in total. The topological polar surface area (TPSA) is 40.5 Å². The predicted octanol–water partition coefficient (Wildman–Crippen LogP) is 0.312. The van der Waals surface area contributed by atoms with Crippen LogP contribution in [0.25, 0.3) is 0 Å².